The van der Waals surface area contributed by atoms with Gasteiger partial charge in [0.25, 0.3) is 0 Å². The molecule has 0 saturated carbocycles. The number of halogens is 2. The van der Waals surface area contributed by atoms with Crippen molar-refractivity contribution in [1.29, 1.82) is 0 Å². The average molecular weight is 523 g/mol. The van der Waals surface area contributed by atoms with E-state index in [-0.39, 0.29) is 24.8 Å². The maximum absolute atomic E-state index is 6.81. The molecule has 4 heteroatoms. The second-order valence-corrected chi connectivity index (χ2v) is 14.0. The molecule has 0 amide bonds. The zero-order valence-electron chi connectivity index (χ0n) is 19.7. The Morgan fingerprint density at radius 2 is 1.24 bits per heavy atom. The fourth-order valence-electron chi connectivity index (χ4n) is 5.27. The predicted octanol–water partition coefficient (Wildman–Crippen LogP) is -0.0371. The van der Waals surface area contributed by atoms with Crippen molar-refractivity contribution in [1.82, 2.24) is 0 Å². The number of fused-ring (bicyclic) bond motifs is 1. The third-order valence-corrected chi connectivity index (χ3v) is 13.1. The number of benzene rings is 4. The van der Waals surface area contributed by atoms with Crippen molar-refractivity contribution in [2.45, 2.75) is 20.3 Å². The molecular weight excluding hydrogens is 495 g/mol. The quantitative estimate of drug-likeness (QED) is 0.334. The molecule has 0 bridgehead atoms. The van der Waals surface area contributed by atoms with Crippen LogP contribution in [0.15, 0.2) is 114 Å². The van der Waals surface area contributed by atoms with Gasteiger partial charge in [0, 0.05) is 0 Å². The van der Waals surface area contributed by atoms with Crippen LogP contribution in [-0.4, -0.2) is 7.11 Å². The van der Waals surface area contributed by atoms with Crippen LogP contribution in [0.3, 0.4) is 0 Å². The molecule has 0 atom stereocenters. The topological polar surface area (TPSA) is 9.23 Å². The number of rotatable bonds is 5. The molecular formula is C30H28Cl2OTi. The molecule has 0 unspecified atom stereocenters. The van der Waals surface area contributed by atoms with Crippen LogP contribution in [0.5, 0.6) is 0 Å². The van der Waals surface area contributed by atoms with Gasteiger partial charge in [-0.2, -0.15) is 0 Å². The number of hydrogen-bond donors (Lipinski definition) is 0. The fourth-order valence-corrected chi connectivity index (χ4v) is 11.7. The Labute approximate surface area is 219 Å². The molecule has 4 aromatic rings. The van der Waals surface area contributed by atoms with Crippen molar-refractivity contribution in [3.63, 3.8) is 0 Å². The van der Waals surface area contributed by atoms with E-state index < -0.39 is 17.0 Å². The molecule has 0 heterocycles. The summed E-state index contributed by atoms with van der Waals surface area (Å²) < 4.78 is 10.9. The zero-order valence-corrected chi connectivity index (χ0v) is 22.8. The molecule has 5 rings (SSSR count). The summed E-state index contributed by atoms with van der Waals surface area (Å²) in [4.78, 5) is 0. The standard InChI is InChI=1S/C17H15.2C6H5.CH3O.2ClH.Ti/c1-12-9-13(2)17(10-12)16-8-7-14-5-3-4-6-15(14)11-16;2*1-2-4-6-5-3-1;1-2;;;/h3-9H,10H2,1-2H3;2*1-5H;1H3;2*1H;/q;;;-1;;;+3/p-2. The summed E-state index contributed by atoms with van der Waals surface area (Å²) in [5.41, 5.74) is 5.57. The van der Waals surface area contributed by atoms with Gasteiger partial charge in [-0.15, -0.1) is 0 Å². The van der Waals surface area contributed by atoms with E-state index in [1.165, 1.54) is 44.7 Å². The van der Waals surface area contributed by atoms with E-state index in [2.05, 4.69) is 117 Å². The van der Waals surface area contributed by atoms with Gasteiger partial charge < -0.3 is 24.8 Å². The Bertz CT molecular complexity index is 1300. The van der Waals surface area contributed by atoms with Crippen molar-refractivity contribution >= 4 is 28.0 Å². The van der Waals surface area contributed by atoms with E-state index in [0.717, 1.165) is 6.42 Å². The summed E-state index contributed by atoms with van der Waals surface area (Å²) in [6.45, 7) is 4.48. The van der Waals surface area contributed by atoms with Crippen LogP contribution in [0.25, 0.3) is 16.3 Å². The third kappa shape index (κ3) is 4.44. The minimum absolute atomic E-state index is 0. The monoisotopic (exact) mass is 522 g/mol. The summed E-state index contributed by atoms with van der Waals surface area (Å²) in [5.74, 6) is 0. The molecule has 0 fully saturated rings. The molecule has 0 spiro atoms. The molecule has 0 aliphatic heterocycles. The van der Waals surface area contributed by atoms with Crippen molar-refractivity contribution in [3.8, 4) is 0 Å². The molecule has 1 aliphatic rings. The predicted molar refractivity (Wildman–Crippen MR) is 134 cm³/mol. The first-order valence-electron chi connectivity index (χ1n) is 11.2. The van der Waals surface area contributed by atoms with Gasteiger partial charge in [-0.25, -0.2) is 0 Å². The average Bonchev–Trinajstić information content (AvgIpc) is 3.19. The van der Waals surface area contributed by atoms with Gasteiger partial charge in [0.05, 0.1) is 0 Å². The summed E-state index contributed by atoms with van der Waals surface area (Å²) in [6, 6.07) is 35.3. The van der Waals surface area contributed by atoms with Crippen LogP contribution < -0.4 is 36.4 Å². The minimum atomic E-state index is -3.50. The van der Waals surface area contributed by atoms with Crippen LogP contribution in [0.2, 0.25) is 0 Å². The van der Waals surface area contributed by atoms with Gasteiger partial charge in [0.1, 0.15) is 0 Å². The minimum Gasteiger partial charge on any atom is -1.00 e. The van der Waals surface area contributed by atoms with Gasteiger partial charge >= 0.3 is 195 Å². The Balaban J connectivity index is 0.00000162. The molecule has 0 N–H and O–H groups in total. The third-order valence-electron chi connectivity index (χ3n) is 6.67. The Morgan fingerprint density at radius 3 is 1.76 bits per heavy atom. The molecule has 1 nitrogen and oxygen atoms in total. The summed E-state index contributed by atoms with van der Waals surface area (Å²) in [6.07, 6.45) is 3.34. The number of hydrogen-bond acceptors (Lipinski definition) is 1. The van der Waals surface area contributed by atoms with Crippen LogP contribution >= 0.6 is 0 Å². The van der Waals surface area contributed by atoms with E-state index in [1.54, 1.807) is 0 Å². The van der Waals surface area contributed by atoms with Crippen LogP contribution in [0, 0.1) is 0 Å². The Kier molecular flexibility index (Phi) is 8.63. The molecule has 0 radical (unpaired) electrons. The Morgan fingerprint density at radius 1 is 0.676 bits per heavy atom. The SMILES string of the molecule is C[O][Ti+2]([c]1ccccc1)([c]1ccccc1)[c]1c(C2=C(C)C=C(C)C2)ccc2ccccc12.[Cl-].[Cl-]. The van der Waals surface area contributed by atoms with Gasteiger partial charge in [-0.1, -0.05) is 0 Å². The van der Waals surface area contributed by atoms with E-state index in [1.807, 2.05) is 7.11 Å². The van der Waals surface area contributed by atoms with E-state index in [0.29, 0.717) is 0 Å². The van der Waals surface area contributed by atoms with Gasteiger partial charge in [-0.3, -0.25) is 0 Å². The van der Waals surface area contributed by atoms with Crippen LogP contribution in [0.1, 0.15) is 25.8 Å². The zero-order chi connectivity index (χ0) is 22.1. The van der Waals surface area contributed by atoms with Crippen molar-refractivity contribution in [3.05, 3.63) is 120 Å². The number of allylic oxidation sites excluding steroid dienone is 4. The largest absolute Gasteiger partial charge is 1.00 e. The summed E-state index contributed by atoms with van der Waals surface area (Å²) >= 11 is -3.50. The smallest absolute Gasteiger partial charge is 1.00 e. The molecule has 1 aliphatic carbocycles. The van der Waals surface area contributed by atoms with E-state index in [4.69, 9.17) is 3.32 Å². The normalized spacial score (nSPS) is 12.9. The van der Waals surface area contributed by atoms with Gasteiger partial charge in [0.2, 0.25) is 0 Å². The molecule has 4 aromatic carbocycles. The molecule has 34 heavy (non-hydrogen) atoms. The molecule has 172 valence electrons. The van der Waals surface area contributed by atoms with Crippen LogP contribution in [0.4, 0.5) is 0 Å². The van der Waals surface area contributed by atoms with Crippen molar-refractivity contribution < 1.29 is 45.1 Å². The first-order chi connectivity index (χ1) is 15.6. The first-order valence-corrected chi connectivity index (χ1v) is 14.2. The van der Waals surface area contributed by atoms with Gasteiger partial charge in [-0.05, 0) is 0 Å². The second-order valence-electron chi connectivity index (χ2n) is 8.66. The molecule has 0 saturated heterocycles. The summed E-state index contributed by atoms with van der Waals surface area (Å²) in [7, 11) is 1.92. The molecule has 0 aromatic heterocycles. The summed E-state index contributed by atoms with van der Waals surface area (Å²) in [5, 5.41) is 2.58. The fraction of sp³-hybridized carbons (Fsp3) is 0.133. The van der Waals surface area contributed by atoms with Crippen molar-refractivity contribution in [2.75, 3.05) is 7.11 Å². The van der Waals surface area contributed by atoms with Gasteiger partial charge in [0.15, 0.2) is 0 Å². The van der Waals surface area contributed by atoms with E-state index >= 15 is 0 Å². The second kappa shape index (κ2) is 11.1. The maximum atomic E-state index is 6.81. The van der Waals surface area contributed by atoms with Crippen molar-refractivity contribution in [2.24, 2.45) is 0 Å². The first kappa shape index (κ1) is 26.5. The van der Waals surface area contributed by atoms with Crippen LogP contribution in [-0.2, 0) is 20.3 Å². The maximum Gasteiger partial charge on any atom is -1.00 e. The Hall–Kier alpha value is -2.13. The van der Waals surface area contributed by atoms with E-state index in [9.17, 15) is 0 Å².